The van der Waals surface area contributed by atoms with Crippen LogP contribution in [0.25, 0.3) is 0 Å². The largest absolute Gasteiger partial charge is 0.395 e. The molecule has 1 heterocycles. The van der Waals surface area contributed by atoms with Crippen LogP contribution in [0.2, 0.25) is 10.3 Å². The smallest absolute Gasteiger partial charge is 0.137 e. The Bertz CT molecular complexity index is 275. The first-order chi connectivity index (χ1) is 6.15. The molecule has 0 aromatic carbocycles. The molecule has 0 aliphatic rings. The molecule has 1 aromatic heterocycles. The first-order valence-corrected chi connectivity index (χ1v) is 4.42. The van der Waals surface area contributed by atoms with Gasteiger partial charge in [0.15, 0.2) is 0 Å². The molecule has 0 saturated carbocycles. The maximum Gasteiger partial charge on any atom is 0.137 e. The van der Waals surface area contributed by atoms with Crippen molar-refractivity contribution in [1.29, 1.82) is 0 Å². The molecule has 1 rings (SSSR count). The second kappa shape index (κ2) is 4.72. The molecule has 0 bridgehead atoms. The molecule has 0 radical (unpaired) electrons. The highest BCUT2D eigenvalue weighted by Crippen LogP contribution is 2.20. The van der Waals surface area contributed by atoms with Crippen LogP contribution < -0.4 is 5.73 Å². The summed E-state index contributed by atoms with van der Waals surface area (Å²) in [7, 11) is 0. The molecule has 6 heteroatoms. The molecule has 3 N–H and O–H groups in total. The second-order valence-electron chi connectivity index (χ2n) is 2.58. The summed E-state index contributed by atoms with van der Waals surface area (Å²) in [6.45, 7) is -0.123. The Kier molecular flexibility index (Phi) is 3.87. The normalized spacial score (nSPS) is 12.9. The molecule has 0 saturated heterocycles. The third kappa shape index (κ3) is 2.77. The fourth-order valence-electron chi connectivity index (χ4n) is 0.866. The molecule has 0 aliphatic carbocycles. The zero-order chi connectivity index (χ0) is 9.84. The summed E-state index contributed by atoms with van der Waals surface area (Å²) >= 11 is 11.5. The average molecular weight is 222 g/mol. The zero-order valence-corrected chi connectivity index (χ0v) is 8.26. The van der Waals surface area contributed by atoms with E-state index in [0.29, 0.717) is 12.0 Å². The van der Waals surface area contributed by atoms with E-state index in [1.165, 1.54) is 6.33 Å². The summed E-state index contributed by atoms with van der Waals surface area (Å²) in [5.74, 6) is 0. The predicted molar refractivity (Wildman–Crippen MR) is 50.8 cm³/mol. The van der Waals surface area contributed by atoms with Crippen LogP contribution in [0.1, 0.15) is 5.56 Å². The van der Waals surface area contributed by atoms with Gasteiger partial charge in [-0.2, -0.15) is 0 Å². The number of hydrogen-bond donors (Lipinski definition) is 2. The summed E-state index contributed by atoms with van der Waals surface area (Å²) in [5.41, 5.74) is 6.10. The van der Waals surface area contributed by atoms with E-state index in [4.69, 9.17) is 34.0 Å². The number of aliphatic hydroxyl groups is 1. The molecular formula is C7H9Cl2N3O. The Morgan fingerprint density at radius 2 is 1.92 bits per heavy atom. The first-order valence-electron chi connectivity index (χ1n) is 3.66. The quantitative estimate of drug-likeness (QED) is 0.736. The monoisotopic (exact) mass is 221 g/mol. The molecule has 1 atom stereocenters. The van der Waals surface area contributed by atoms with E-state index in [0.717, 1.165) is 0 Å². The van der Waals surface area contributed by atoms with Crippen LogP contribution in [0.4, 0.5) is 0 Å². The Balaban J connectivity index is 2.87. The lowest BCUT2D eigenvalue weighted by molar-refractivity contribution is 0.265. The lowest BCUT2D eigenvalue weighted by atomic mass is 10.1. The molecule has 13 heavy (non-hydrogen) atoms. The minimum Gasteiger partial charge on any atom is -0.395 e. The van der Waals surface area contributed by atoms with Crippen LogP contribution in [0.3, 0.4) is 0 Å². The fraction of sp³-hybridized carbons (Fsp3) is 0.429. The highest BCUT2D eigenvalue weighted by atomic mass is 35.5. The first kappa shape index (κ1) is 10.7. The number of aromatic nitrogens is 2. The third-order valence-electron chi connectivity index (χ3n) is 1.54. The molecule has 4 nitrogen and oxygen atoms in total. The molecule has 72 valence electrons. The predicted octanol–water partition coefficient (Wildman–Crippen LogP) is 0.646. The van der Waals surface area contributed by atoms with E-state index in [9.17, 15) is 0 Å². The third-order valence-corrected chi connectivity index (χ3v) is 2.19. The topological polar surface area (TPSA) is 72.0 Å². The molecule has 1 unspecified atom stereocenters. The van der Waals surface area contributed by atoms with Gasteiger partial charge in [-0.1, -0.05) is 23.2 Å². The van der Waals surface area contributed by atoms with Gasteiger partial charge in [0.05, 0.1) is 6.61 Å². The average Bonchev–Trinajstić information content (AvgIpc) is 2.11. The minimum absolute atomic E-state index is 0.123. The van der Waals surface area contributed by atoms with E-state index in [1.807, 2.05) is 0 Å². The molecule has 1 aromatic rings. The minimum atomic E-state index is -0.388. The summed E-state index contributed by atoms with van der Waals surface area (Å²) in [5, 5.41) is 9.29. The SMILES string of the molecule is NC(CO)Cc1c(Cl)ncnc1Cl. The Labute approximate surface area is 85.7 Å². The lowest BCUT2D eigenvalue weighted by Gasteiger charge is -2.09. The van der Waals surface area contributed by atoms with Crippen LogP contribution in [0.5, 0.6) is 0 Å². The second-order valence-corrected chi connectivity index (χ2v) is 3.30. The number of nitrogens with two attached hydrogens (primary N) is 1. The van der Waals surface area contributed by atoms with Crippen LogP contribution >= 0.6 is 23.2 Å². The van der Waals surface area contributed by atoms with E-state index < -0.39 is 0 Å². The van der Waals surface area contributed by atoms with Gasteiger partial charge in [0, 0.05) is 11.6 Å². The number of nitrogens with zero attached hydrogens (tertiary/aromatic N) is 2. The summed E-state index contributed by atoms with van der Waals surface area (Å²) in [4.78, 5) is 7.52. The van der Waals surface area contributed by atoms with Crippen LogP contribution in [0.15, 0.2) is 6.33 Å². The van der Waals surface area contributed by atoms with Gasteiger partial charge in [0.1, 0.15) is 16.6 Å². The van der Waals surface area contributed by atoms with Crippen molar-refractivity contribution in [3.63, 3.8) is 0 Å². The number of halogens is 2. The molecule has 0 fully saturated rings. The highest BCUT2D eigenvalue weighted by Gasteiger charge is 2.11. The Morgan fingerprint density at radius 3 is 2.38 bits per heavy atom. The van der Waals surface area contributed by atoms with Crippen molar-refractivity contribution in [3.05, 3.63) is 22.2 Å². The zero-order valence-electron chi connectivity index (χ0n) is 6.74. The van der Waals surface area contributed by atoms with E-state index in [2.05, 4.69) is 9.97 Å². The molecular weight excluding hydrogens is 213 g/mol. The van der Waals surface area contributed by atoms with E-state index in [-0.39, 0.29) is 23.0 Å². The van der Waals surface area contributed by atoms with E-state index >= 15 is 0 Å². The highest BCUT2D eigenvalue weighted by molar-refractivity contribution is 6.34. The fourth-order valence-corrected chi connectivity index (χ4v) is 1.34. The summed E-state index contributed by atoms with van der Waals surface area (Å²) < 4.78 is 0. The number of hydrogen-bond acceptors (Lipinski definition) is 4. The maximum absolute atomic E-state index is 8.73. The van der Waals surface area contributed by atoms with Crippen LogP contribution in [0, 0.1) is 0 Å². The van der Waals surface area contributed by atoms with Gasteiger partial charge >= 0.3 is 0 Å². The van der Waals surface area contributed by atoms with Crippen molar-refractivity contribution in [2.75, 3.05) is 6.61 Å². The van der Waals surface area contributed by atoms with Gasteiger partial charge in [0.25, 0.3) is 0 Å². The van der Waals surface area contributed by atoms with Crippen molar-refractivity contribution < 1.29 is 5.11 Å². The Morgan fingerprint density at radius 1 is 1.38 bits per heavy atom. The van der Waals surface area contributed by atoms with Crippen molar-refractivity contribution >= 4 is 23.2 Å². The van der Waals surface area contributed by atoms with Crippen molar-refractivity contribution in [2.24, 2.45) is 5.73 Å². The number of rotatable bonds is 3. The summed E-state index contributed by atoms with van der Waals surface area (Å²) in [6, 6.07) is -0.388. The van der Waals surface area contributed by atoms with Crippen molar-refractivity contribution in [1.82, 2.24) is 9.97 Å². The van der Waals surface area contributed by atoms with Gasteiger partial charge < -0.3 is 10.8 Å². The van der Waals surface area contributed by atoms with Crippen LogP contribution in [-0.4, -0.2) is 27.7 Å². The van der Waals surface area contributed by atoms with Crippen LogP contribution in [-0.2, 0) is 6.42 Å². The van der Waals surface area contributed by atoms with Gasteiger partial charge in [-0.15, -0.1) is 0 Å². The van der Waals surface area contributed by atoms with Gasteiger partial charge in [-0.05, 0) is 6.42 Å². The molecule has 0 aliphatic heterocycles. The van der Waals surface area contributed by atoms with Crippen molar-refractivity contribution in [2.45, 2.75) is 12.5 Å². The van der Waals surface area contributed by atoms with Crippen molar-refractivity contribution in [3.8, 4) is 0 Å². The van der Waals surface area contributed by atoms with Gasteiger partial charge in [-0.3, -0.25) is 0 Å². The standard InChI is InChI=1S/C7H9Cl2N3O/c8-6-5(1-4(10)2-13)7(9)12-3-11-6/h3-4,13H,1-2,10H2. The van der Waals surface area contributed by atoms with Gasteiger partial charge in [-0.25, -0.2) is 9.97 Å². The molecule has 0 amide bonds. The molecule has 0 spiro atoms. The Hall–Kier alpha value is -0.420. The number of aliphatic hydroxyl groups excluding tert-OH is 1. The maximum atomic E-state index is 8.73. The lowest BCUT2D eigenvalue weighted by Crippen LogP contribution is -2.27. The van der Waals surface area contributed by atoms with Gasteiger partial charge in [0.2, 0.25) is 0 Å². The van der Waals surface area contributed by atoms with E-state index in [1.54, 1.807) is 0 Å². The summed E-state index contributed by atoms with van der Waals surface area (Å²) in [6.07, 6.45) is 1.65.